The van der Waals surface area contributed by atoms with Crippen molar-refractivity contribution in [2.75, 3.05) is 11.2 Å². The Morgan fingerprint density at radius 3 is 2.52 bits per heavy atom. The van der Waals surface area contributed by atoms with Gasteiger partial charge in [-0.05, 0) is 18.2 Å². The molecule has 1 aromatic rings. The molecule has 11 heteroatoms. The van der Waals surface area contributed by atoms with Crippen LogP contribution in [0.3, 0.4) is 0 Å². The van der Waals surface area contributed by atoms with Crippen molar-refractivity contribution < 1.29 is 25.8 Å². The van der Waals surface area contributed by atoms with Crippen LogP contribution in [0.1, 0.15) is 11.8 Å². The van der Waals surface area contributed by atoms with Crippen molar-refractivity contribution in [3.05, 3.63) is 42.5 Å². The highest BCUT2D eigenvalue weighted by atomic mass is 32.2. The maximum Gasteiger partial charge on any atom is 0.421 e. The standard InChI is InChI=1S/C12H11F3N4O3S/c1-23(20,21)22-11(12(13,14)15)9-3-4-10(18-17-9)19-7-2-5-16-6-8-19/h2-8,11H,1H3. The first-order valence-corrected chi connectivity index (χ1v) is 7.92. The van der Waals surface area contributed by atoms with E-state index in [0.717, 1.165) is 6.07 Å². The second-order valence-corrected chi connectivity index (χ2v) is 5.98. The molecule has 7 nitrogen and oxygen atoms in total. The Morgan fingerprint density at radius 1 is 1.22 bits per heavy atom. The molecular weight excluding hydrogens is 337 g/mol. The van der Waals surface area contributed by atoms with Gasteiger partial charge in [0.25, 0.3) is 10.1 Å². The summed E-state index contributed by atoms with van der Waals surface area (Å²) >= 11 is 0. The lowest BCUT2D eigenvalue weighted by Gasteiger charge is -2.19. The van der Waals surface area contributed by atoms with E-state index in [-0.39, 0.29) is 5.82 Å². The van der Waals surface area contributed by atoms with E-state index in [1.54, 1.807) is 12.3 Å². The van der Waals surface area contributed by atoms with Gasteiger partial charge in [0.05, 0.1) is 6.26 Å². The number of rotatable bonds is 4. The average Bonchev–Trinajstić information content (AvgIpc) is 2.72. The first-order valence-electron chi connectivity index (χ1n) is 6.10. The third-order valence-electron chi connectivity index (χ3n) is 2.50. The molecule has 0 saturated heterocycles. The Kier molecular flexibility index (Phi) is 4.80. The predicted molar refractivity (Wildman–Crippen MR) is 76.0 cm³/mol. The van der Waals surface area contributed by atoms with Gasteiger partial charge < -0.3 is 4.90 Å². The van der Waals surface area contributed by atoms with Crippen LogP contribution in [-0.2, 0) is 14.3 Å². The molecule has 0 bridgehead atoms. The summed E-state index contributed by atoms with van der Waals surface area (Å²) in [7, 11) is -4.33. The Labute approximate surface area is 129 Å². The second-order valence-electron chi connectivity index (χ2n) is 4.38. The number of halogens is 3. The van der Waals surface area contributed by atoms with E-state index in [1.165, 1.54) is 29.6 Å². The minimum atomic E-state index is -4.95. The van der Waals surface area contributed by atoms with Gasteiger partial charge in [-0.15, -0.1) is 5.10 Å². The molecular formula is C12H11F3N4O3S. The number of aliphatic imine (C=N–C) groups is 1. The zero-order valence-corrected chi connectivity index (χ0v) is 12.5. The summed E-state index contributed by atoms with van der Waals surface area (Å²) in [4.78, 5) is 5.32. The summed E-state index contributed by atoms with van der Waals surface area (Å²) in [5.74, 6) is 0.229. The van der Waals surface area contributed by atoms with Gasteiger partial charge in [-0.3, -0.25) is 9.18 Å². The Hall–Kier alpha value is -2.27. The maximum atomic E-state index is 12.9. The molecule has 0 aliphatic carbocycles. The molecule has 23 heavy (non-hydrogen) atoms. The second kappa shape index (κ2) is 6.46. The van der Waals surface area contributed by atoms with Crippen LogP contribution in [0.2, 0.25) is 0 Å². The fraction of sp³-hybridized carbons (Fsp3) is 0.250. The van der Waals surface area contributed by atoms with Gasteiger partial charge >= 0.3 is 6.18 Å². The van der Waals surface area contributed by atoms with Gasteiger partial charge in [-0.25, -0.2) is 0 Å². The highest BCUT2D eigenvalue weighted by Gasteiger charge is 2.45. The predicted octanol–water partition coefficient (Wildman–Crippen LogP) is 1.93. The molecule has 0 fully saturated rings. The number of hydrogen-bond acceptors (Lipinski definition) is 7. The molecule has 0 N–H and O–H groups in total. The number of allylic oxidation sites excluding steroid dienone is 1. The molecule has 0 spiro atoms. The smallest absolute Gasteiger partial charge is 0.306 e. The molecule has 0 amide bonds. The summed E-state index contributed by atoms with van der Waals surface area (Å²) in [5, 5.41) is 7.08. The third kappa shape index (κ3) is 4.86. The lowest BCUT2D eigenvalue weighted by atomic mass is 10.2. The van der Waals surface area contributed by atoms with Crippen LogP contribution in [0.4, 0.5) is 19.0 Å². The number of alkyl halides is 3. The van der Waals surface area contributed by atoms with Gasteiger partial charge in [-0.2, -0.15) is 26.7 Å². The molecule has 124 valence electrons. The molecule has 1 unspecified atom stereocenters. The monoisotopic (exact) mass is 348 g/mol. The highest BCUT2D eigenvalue weighted by Crippen LogP contribution is 2.36. The molecule has 2 heterocycles. The summed E-state index contributed by atoms with van der Waals surface area (Å²) in [6.07, 6.45) is 0.538. The van der Waals surface area contributed by atoms with Crippen LogP contribution in [0.15, 0.2) is 41.8 Å². The van der Waals surface area contributed by atoms with Crippen LogP contribution in [0, 0.1) is 0 Å². The van der Waals surface area contributed by atoms with Crippen LogP contribution < -0.4 is 4.90 Å². The first kappa shape index (κ1) is 17.1. The summed E-state index contributed by atoms with van der Waals surface area (Å²) < 4.78 is 64.9. The Morgan fingerprint density at radius 2 is 1.96 bits per heavy atom. The van der Waals surface area contributed by atoms with E-state index in [4.69, 9.17) is 0 Å². The number of anilines is 1. The zero-order chi connectivity index (χ0) is 17.1. The largest absolute Gasteiger partial charge is 0.421 e. The van der Waals surface area contributed by atoms with Gasteiger partial charge in [0.1, 0.15) is 5.69 Å². The molecule has 0 saturated carbocycles. The Bertz CT molecular complexity index is 726. The van der Waals surface area contributed by atoms with Gasteiger partial charge in [0.15, 0.2) is 5.82 Å². The van der Waals surface area contributed by atoms with E-state index in [2.05, 4.69) is 19.4 Å². The average molecular weight is 348 g/mol. The summed E-state index contributed by atoms with van der Waals surface area (Å²) in [5.41, 5.74) is -0.661. The lowest BCUT2D eigenvalue weighted by molar-refractivity contribution is -0.198. The van der Waals surface area contributed by atoms with Crippen LogP contribution in [-0.4, -0.2) is 37.3 Å². The minimum absolute atomic E-state index is 0.229. The van der Waals surface area contributed by atoms with Crippen LogP contribution in [0.25, 0.3) is 0 Å². The topological polar surface area (TPSA) is 84.8 Å². The van der Waals surface area contributed by atoms with Gasteiger partial charge in [0.2, 0.25) is 6.10 Å². The van der Waals surface area contributed by atoms with Crippen molar-refractivity contribution in [3.8, 4) is 0 Å². The number of nitrogens with zero attached hydrogens (tertiary/aromatic N) is 4. The molecule has 1 aliphatic rings. The van der Waals surface area contributed by atoms with Crippen molar-refractivity contribution >= 4 is 22.2 Å². The Balaban J connectivity index is 2.29. The maximum absolute atomic E-state index is 12.9. The van der Waals surface area contributed by atoms with Gasteiger partial charge in [0, 0.05) is 24.8 Å². The van der Waals surface area contributed by atoms with Crippen molar-refractivity contribution in [1.82, 2.24) is 10.2 Å². The number of hydrogen-bond donors (Lipinski definition) is 0. The van der Waals surface area contributed by atoms with Crippen molar-refractivity contribution in [1.29, 1.82) is 0 Å². The summed E-state index contributed by atoms with van der Waals surface area (Å²) in [6, 6.07) is 2.26. The van der Waals surface area contributed by atoms with Gasteiger partial charge in [-0.1, -0.05) is 0 Å². The zero-order valence-electron chi connectivity index (χ0n) is 11.7. The van der Waals surface area contributed by atoms with Crippen LogP contribution >= 0.6 is 0 Å². The molecule has 1 aliphatic heterocycles. The SMILES string of the molecule is CS(=O)(=O)OC(c1ccc(N2C=CC=NC=C2)nn1)C(F)(F)F. The van der Waals surface area contributed by atoms with E-state index in [9.17, 15) is 21.6 Å². The molecule has 0 radical (unpaired) electrons. The highest BCUT2D eigenvalue weighted by molar-refractivity contribution is 7.86. The fourth-order valence-corrected chi connectivity index (χ4v) is 2.16. The normalized spacial score (nSPS) is 16.4. The van der Waals surface area contributed by atoms with E-state index in [1.807, 2.05) is 0 Å². The minimum Gasteiger partial charge on any atom is -0.306 e. The quantitative estimate of drug-likeness (QED) is 0.773. The van der Waals surface area contributed by atoms with Crippen LogP contribution in [0.5, 0.6) is 0 Å². The van der Waals surface area contributed by atoms with Crippen molar-refractivity contribution in [2.45, 2.75) is 12.3 Å². The van der Waals surface area contributed by atoms with E-state index < -0.39 is 28.1 Å². The molecule has 2 rings (SSSR count). The van der Waals surface area contributed by atoms with E-state index in [0.29, 0.717) is 6.26 Å². The third-order valence-corrected chi connectivity index (χ3v) is 3.05. The molecule has 1 atom stereocenters. The first-order chi connectivity index (χ1) is 10.7. The number of aromatic nitrogens is 2. The van der Waals surface area contributed by atoms with E-state index >= 15 is 0 Å². The molecule has 0 aromatic carbocycles. The summed E-state index contributed by atoms with van der Waals surface area (Å²) in [6.45, 7) is 0. The van der Waals surface area contributed by atoms with Crippen molar-refractivity contribution in [3.63, 3.8) is 0 Å². The lowest BCUT2D eigenvalue weighted by Crippen LogP contribution is -2.27. The van der Waals surface area contributed by atoms with Crippen molar-refractivity contribution in [2.24, 2.45) is 4.99 Å². The molecule has 1 aromatic heterocycles. The fourth-order valence-electron chi connectivity index (χ4n) is 1.60.